The summed E-state index contributed by atoms with van der Waals surface area (Å²) in [5.74, 6) is -0.0268. The van der Waals surface area contributed by atoms with Gasteiger partial charge in [-0.05, 0) is 42.5 Å². The lowest BCUT2D eigenvalue weighted by molar-refractivity contribution is 0.0920. The van der Waals surface area contributed by atoms with Crippen LogP contribution in [-0.2, 0) is 17.6 Å². The third-order valence-corrected chi connectivity index (χ3v) is 3.15. The molecule has 0 unspecified atom stereocenters. The number of carbonyl (C=O) groups is 1. The Morgan fingerprint density at radius 2 is 2.11 bits per heavy atom. The fraction of sp³-hybridized carbons (Fsp3) is 0.500. The van der Waals surface area contributed by atoms with E-state index in [9.17, 15) is 4.79 Å². The first kappa shape index (κ1) is 13.1. The van der Waals surface area contributed by atoms with Crippen LogP contribution in [0.5, 0.6) is 0 Å². The van der Waals surface area contributed by atoms with Crippen molar-refractivity contribution in [3.8, 4) is 0 Å². The molecular weight excluding hydrogens is 228 g/mol. The van der Waals surface area contributed by atoms with Gasteiger partial charge in [-0.3, -0.25) is 4.79 Å². The van der Waals surface area contributed by atoms with E-state index in [2.05, 4.69) is 11.4 Å². The van der Waals surface area contributed by atoms with E-state index in [1.807, 2.05) is 12.1 Å². The van der Waals surface area contributed by atoms with Gasteiger partial charge in [0.05, 0.1) is 13.2 Å². The molecule has 4 nitrogen and oxygen atoms in total. The Balaban J connectivity index is 1.82. The van der Waals surface area contributed by atoms with Crippen LogP contribution in [0.1, 0.15) is 27.9 Å². The number of hydrogen-bond donors (Lipinski definition) is 2. The van der Waals surface area contributed by atoms with E-state index in [0.29, 0.717) is 26.3 Å². The number of ether oxygens (including phenoxy) is 1. The smallest absolute Gasteiger partial charge is 0.251 e. The maximum Gasteiger partial charge on any atom is 0.251 e. The standard InChI is InChI=1S/C14H20N2O2/c15-6-8-18-9-7-16-14(17)13-5-4-11-2-1-3-12(11)10-13/h4-5,10H,1-3,6-9,15H2,(H,16,17). The van der Waals surface area contributed by atoms with E-state index < -0.39 is 0 Å². The van der Waals surface area contributed by atoms with Gasteiger partial charge in [-0.25, -0.2) is 0 Å². The van der Waals surface area contributed by atoms with Gasteiger partial charge in [-0.2, -0.15) is 0 Å². The zero-order valence-corrected chi connectivity index (χ0v) is 10.6. The molecular formula is C14H20N2O2. The van der Waals surface area contributed by atoms with Gasteiger partial charge in [0.25, 0.3) is 5.91 Å². The fourth-order valence-corrected chi connectivity index (χ4v) is 2.24. The monoisotopic (exact) mass is 248 g/mol. The summed E-state index contributed by atoms with van der Waals surface area (Å²) >= 11 is 0. The lowest BCUT2D eigenvalue weighted by Crippen LogP contribution is -2.28. The number of amides is 1. The van der Waals surface area contributed by atoms with Gasteiger partial charge in [-0.1, -0.05) is 6.07 Å². The first-order valence-corrected chi connectivity index (χ1v) is 6.49. The predicted molar refractivity (Wildman–Crippen MR) is 70.7 cm³/mol. The summed E-state index contributed by atoms with van der Waals surface area (Å²) in [5, 5.41) is 2.84. The summed E-state index contributed by atoms with van der Waals surface area (Å²) < 4.78 is 5.20. The van der Waals surface area contributed by atoms with E-state index in [1.54, 1.807) is 0 Å². The predicted octanol–water partition coefficient (Wildman–Crippen LogP) is 0.880. The summed E-state index contributed by atoms with van der Waals surface area (Å²) in [7, 11) is 0. The molecule has 0 heterocycles. The molecule has 0 fully saturated rings. The van der Waals surface area contributed by atoms with Crippen LogP contribution in [-0.4, -0.2) is 32.2 Å². The zero-order valence-electron chi connectivity index (χ0n) is 10.6. The highest BCUT2D eigenvalue weighted by Gasteiger charge is 2.13. The van der Waals surface area contributed by atoms with E-state index >= 15 is 0 Å². The van der Waals surface area contributed by atoms with E-state index in [-0.39, 0.29) is 5.91 Å². The number of carbonyl (C=O) groups excluding carboxylic acids is 1. The molecule has 1 aromatic carbocycles. The molecule has 2 rings (SSSR count). The Morgan fingerprint density at radius 3 is 2.94 bits per heavy atom. The van der Waals surface area contributed by atoms with Crippen molar-refractivity contribution in [2.45, 2.75) is 19.3 Å². The maximum atomic E-state index is 11.9. The number of hydrogen-bond acceptors (Lipinski definition) is 3. The number of benzene rings is 1. The molecule has 0 bridgehead atoms. The SMILES string of the molecule is NCCOCCNC(=O)c1ccc2c(c1)CCC2. The lowest BCUT2D eigenvalue weighted by Gasteiger charge is -2.07. The molecule has 1 aliphatic rings. The van der Waals surface area contributed by atoms with Gasteiger partial charge in [0.2, 0.25) is 0 Å². The molecule has 1 amide bonds. The third-order valence-electron chi connectivity index (χ3n) is 3.15. The van der Waals surface area contributed by atoms with Gasteiger partial charge >= 0.3 is 0 Å². The number of nitrogens with two attached hydrogens (primary N) is 1. The van der Waals surface area contributed by atoms with Crippen LogP contribution in [0.2, 0.25) is 0 Å². The van der Waals surface area contributed by atoms with Crippen LogP contribution in [0.3, 0.4) is 0 Å². The number of nitrogens with one attached hydrogen (secondary N) is 1. The molecule has 0 aliphatic heterocycles. The van der Waals surface area contributed by atoms with E-state index in [1.165, 1.54) is 17.5 Å². The van der Waals surface area contributed by atoms with Crippen LogP contribution in [0.25, 0.3) is 0 Å². The third kappa shape index (κ3) is 3.31. The number of fused-ring (bicyclic) bond motifs is 1. The normalized spacial score (nSPS) is 13.4. The molecule has 0 atom stereocenters. The highest BCUT2D eigenvalue weighted by atomic mass is 16.5. The van der Waals surface area contributed by atoms with Crippen LogP contribution >= 0.6 is 0 Å². The molecule has 0 aromatic heterocycles. The molecule has 0 radical (unpaired) electrons. The minimum Gasteiger partial charge on any atom is -0.378 e. The topological polar surface area (TPSA) is 64.3 Å². The van der Waals surface area contributed by atoms with E-state index in [4.69, 9.17) is 10.5 Å². The summed E-state index contributed by atoms with van der Waals surface area (Å²) in [4.78, 5) is 11.9. The molecule has 1 aliphatic carbocycles. The van der Waals surface area contributed by atoms with Crippen molar-refractivity contribution in [2.24, 2.45) is 5.73 Å². The maximum absolute atomic E-state index is 11.9. The zero-order chi connectivity index (χ0) is 12.8. The van der Waals surface area contributed by atoms with Gasteiger partial charge in [0.1, 0.15) is 0 Å². The summed E-state index contributed by atoms with van der Waals surface area (Å²) in [5.41, 5.74) is 8.75. The largest absolute Gasteiger partial charge is 0.378 e. The minimum absolute atomic E-state index is 0.0268. The van der Waals surface area contributed by atoms with Gasteiger partial charge in [-0.15, -0.1) is 0 Å². The first-order valence-electron chi connectivity index (χ1n) is 6.49. The molecule has 0 saturated carbocycles. The summed E-state index contributed by atoms with van der Waals surface area (Å²) in [6.07, 6.45) is 3.44. The van der Waals surface area contributed by atoms with Crippen LogP contribution < -0.4 is 11.1 Å². The quantitative estimate of drug-likeness (QED) is 0.735. The van der Waals surface area contributed by atoms with Crippen molar-refractivity contribution in [1.82, 2.24) is 5.32 Å². The number of rotatable bonds is 6. The van der Waals surface area contributed by atoms with Crippen LogP contribution in [0.15, 0.2) is 18.2 Å². The highest BCUT2D eigenvalue weighted by Crippen LogP contribution is 2.22. The first-order chi connectivity index (χ1) is 8.81. The average Bonchev–Trinajstić information content (AvgIpc) is 2.85. The Kier molecular flexibility index (Phi) is 4.73. The fourth-order valence-electron chi connectivity index (χ4n) is 2.24. The molecule has 4 heteroatoms. The average molecular weight is 248 g/mol. The van der Waals surface area contributed by atoms with Crippen LogP contribution in [0.4, 0.5) is 0 Å². The van der Waals surface area contributed by atoms with Gasteiger partial charge < -0.3 is 15.8 Å². The van der Waals surface area contributed by atoms with Crippen molar-refractivity contribution in [1.29, 1.82) is 0 Å². The molecule has 18 heavy (non-hydrogen) atoms. The number of aryl methyl sites for hydroxylation is 2. The lowest BCUT2D eigenvalue weighted by atomic mass is 10.1. The molecule has 0 saturated heterocycles. The molecule has 3 N–H and O–H groups in total. The van der Waals surface area contributed by atoms with Crippen molar-refractivity contribution in [2.75, 3.05) is 26.3 Å². The van der Waals surface area contributed by atoms with Gasteiger partial charge in [0.15, 0.2) is 0 Å². The van der Waals surface area contributed by atoms with Gasteiger partial charge in [0, 0.05) is 18.7 Å². The second kappa shape index (κ2) is 6.52. The van der Waals surface area contributed by atoms with Crippen molar-refractivity contribution in [3.63, 3.8) is 0 Å². The Hall–Kier alpha value is -1.39. The summed E-state index contributed by atoms with van der Waals surface area (Å²) in [6.45, 7) is 2.08. The molecule has 98 valence electrons. The van der Waals surface area contributed by atoms with Crippen molar-refractivity contribution >= 4 is 5.91 Å². The van der Waals surface area contributed by atoms with E-state index in [0.717, 1.165) is 18.4 Å². The highest BCUT2D eigenvalue weighted by molar-refractivity contribution is 5.94. The molecule has 1 aromatic rings. The Morgan fingerprint density at radius 1 is 1.28 bits per heavy atom. The second-order valence-electron chi connectivity index (χ2n) is 4.49. The van der Waals surface area contributed by atoms with Crippen LogP contribution in [0, 0.1) is 0 Å². The Bertz CT molecular complexity index is 418. The van der Waals surface area contributed by atoms with Crippen molar-refractivity contribution in [3.05, 3.63) is 34.9 Å². The Labute approximate surface area is 108 Å². The summed E-state index contributed by atoms with van der Waals surface area (Å²) in [6, 6.07) is 5.99. The minimum atomic E-state index is -0.0268. The molecule has 0 spiro atoms. The second-order valence-corrected chi connectivity index (χ2v) is 4.49. The van der Waals surface area contributed by atoms with Crippen molar-refractivity contribution < 1.29 is 9.53 Å².